The van der Waals surface area contributed by atoms with Crippen molar-refractivity contribution in [2.24, 2.45) is 0 Å². The summed E-state index contributed by atoms with van der Waals surface area (Å²) in [4.78, 5) is 37.7. The number of hydrogen-bond donors (Lipinski definition) is 0. The molecule has 2 aliphatic rings. The zero-order chi connectivity index (χ0) is 20.1. The minimum atomic E-state index is 0.00647. The molecular formula is C21H33N5O2. The molecule has 0 radical (unpaired) electrons. The fourth-order valence-corrected chi connectivity index (χ4v) is 4.16. The van der Waals surface area contributed by atoms with Gasteiger partial charge in [-0.25, -0.2) is 4.79 Å². The number of nitrogens with zero attached hydrogens (tertiary/aromatic N) is 5. The predicted molar refractivity (Wildman–Crippen MR) is 109 cm³/mol. The first-order valence-electron chi connectivity index (χ1n) is 10.4. The van der Waals surface area contributed by atoms with E-state index in [1.54, 1.807) is 31.4 Å². The van der Waals surface area contributed by atoms with Gasteiger partial charge in [-0.2, -0.15) is 0 Å². The molecule has 1 aromatic heterocycles. The lowest BCUT2D eigenvalue weighted by atomic mass is 10.1. The molecule has 1 atom stereocenters. The average molecular weight is 388 g/mol. The van der Waals surface area contributed by atoms with Crippen LogP contribution >= 0.6 is 0 Å². The summed E-state index contributed by atoms with van der Waals surface area (Å²) in [6, 6.07) is 1.98. The van der Waals surface area contributed by atoms with Crippen molar-refractivity contribution in [3.63, 3.8) is 0 Å². The van der Waals surface area contributed by atoms with Crippen molar-refractivity contribution in [3.05, 3.63) is 29.6 Å². The monoisotopic (exact) mass is 387 g/mol. The van der Waals surface area contributed by atoms with Gasteiger partial charge in [0.15, 0.2) is 0 Å². The van der Waals surface area contributed by atoms with Crippen molar-refractivity contribution in [1.29, 1.82) is 0 Å². The number of pyridine rings is 1. The number of urea groups is 1. The number of aryl methyl sites for hydroxylation is 1. The molecular weight excluding hydrogens is 354 g/mol. The maximum Gasteiger partial charge on any atom is 0.319 e. The van der Waals surface area contributed by atoms with Crippen LogP contribution in [-0.4, -0.2) is 95.9 Å². The smallest absolute Gasteiger partial charge is 0.319 e. The maximum absolute atomic E-state index is 12.8. The number of piperidine rings is 1. The van der Waals surface area contributed by atoms with Crippen LogP contribution in [0, 0.1) is 6.92 Å². The van der Waals surface area contributed by atoms with Crippen molar-refractivity contribution < 1.29 is 9.59 Å². The van der Waals surface area contributed by atoms with Crippen LogP contribution in [0.5, 0.6) is 0 Å². The van der Waals surface area contributed by atoms with E-state index < -0.39 is 0 Å². The first-order chi connectivity index (χ1) is 13.5. The van der Waals surface area contributed by atoms with Crippen molar-refractivity contribution in [2.45, 2.75) is 38.6 Å². The highest BCUT2D eigenvalue weighted by Crippen LogP contribution is 2.20. The van der Waals surface area contributed by atoms with E-state index in [-0.39, 0.29) is 18.0 Å². The Labute approximate surface area is 168 Å². The van der Waals surface area contributed by atoms with E-state index in [1.807, 2.05) is 22.8 Å². The third-order valence-corrected chi connectivity index (χ3v) is 5.75. The highest BCUT2D eigenvalue weighted by molar-refractivity contribution is 5.94. The third kappa shape index (κ3) is 5.01. The van der Waals surface area contributed by atoms with E-state index in [0.717, 1.165) is 38.2 Å². The molecule has 3 heterocycles. The van der Waals surface area contributed by atoms with Crippen LogP contribution in [-0.2, 0) is 0 Å². The summed E-state index contributed by atoms with van der Waals surface area (Å²) < 4.78 is 0. The highest BCUT2D eigenvalue weighted by Gasteiger charge is 2.34. The topological polar surface area (TPSA) is 60.0 Å². The van der Waals surface area contributed by atoms with Gasteiger partial charge in [0.25, 0.3) is 5.91 Å². The number of likely N-dealkylation sites (tertiary alicyclic amines) is 2. The van der Waals surface area contributed by atoms with Crippen LogP contribution < -0.4 is 0 Å². The lowest BCUT2D eigenvalue weighted by Gasteiger charge is -2.34. The van der Waals surface area contributed by atoms with Crippen LogP contribution in [0.1, 0.15) is 41.6 Å². The largest absolute Gasteiger partial charge is 0.336 e. The lowest BCUT2D eigenvalue weighted by molar-refractivity contribution is 0.0773. The summed E-state index contributed by atoms with van der Waals surface area (Å²) in [7, 11) is 3.60. The van der Waals surface area contributed by atoms with Crippen molar-refractivity contribution in [3.8, 4) is 0 Å². The van der Waals surface area contributed by atoms with E-state index >= 15 is 0 Å². The molecule has 2 fully saturated rings. The fourth-order valence-electron chi connectivity index (χ4n) is 4.16. The molecule has 0 aliphatic carbocycles. The fraction of sp³-hybridized carbons (Fsp3) is 0.667. The van der Waals surface area contributed by atoms with E-state index in [0.29, 0.717) is 18.7 Å². The quantitative estimate of drug-likeness (QED) is 0.776. The lowest BCUT2D eigenvalue weighted by Crippen LogP contribution is -2.50. The second-order valence-electron chi connectivity index (χ2n) is 8.22. The summed E-state index contributed by atoms with van der Waals surface area (Å²) in [5.74, 6) is 0.00647. The van der Waals surface area contributed by atoms with Crippen LogP contribution in [0.2, 0.25) is 0 Å². The minimum absolute atomic E-state index is 0.00647. The summed E-state index contributed by atoms with van der Waals surface area (Å²) in [6.45, 7) is 7.08. The Bertz CT molecular complexity index is 687. The third-order valence-electron chi connectivity index (χ3n) is 5.75. The zero-order valence-corrected chi connectivity index (χ0v) is 17.4. The second-order valence-corrected chi connectivity index (χ2v) is 8.22. The highest BCUT2D eigenvalue weighted by atomic mass is 16.2. The van der Waals surface area contributed by atoms with Gasteiger partial charge in [-0.15, -0.1) is 0 Å². The molecule has 0 spiro atoms. The summed E-state index contributed by atoms with van der Waals surface area (Å²) in [5.41, 5.74) is 1.60. The van der Waals surface area contributed by atoms with Crippen molar-refractivity contribution in [2.75, 3.05) is 53.4 Å². The van der Waals surface area contributed by atoms with E-state index in [2.05, 4.69) is 9.88 Å². The van der Waals surface area contributed by atoms with Crippen LogP contribution in [0.15, 0.2) is 18.5 Å². The number of aromatic nitrogens is 1. The minimum Gasteiger partial charge on any atom is -0.336 e. The number of rotatable bonds is 5. The molecule has 154 valence electrons. The summed E-state index contributed by atoms with van der Waals surface area (Å²) in [6.07, 6.45) is 8.01. The average Bonchev–Trinajstić information content (AvgIpc) is 3.18. The molecule has 28 heavy (non-hydrogen) atoms. The molecule has 0 N–H and O–H groups in total. The SMILES string of the molecule is Cc1cncc(C(=O)N2CCC(N(CCN3CCCCC3)C(=O)N(C)C)C2)c1. The van der Waals surface area contributed by atoms with E-state index in [1.165, 1.54) is 19.3 Å². The first-order valence-corrected chi connectivity index (χ1v) is 10.4. The number of hydrogen-bond acceptors (Lipinski definition) is 4. The maximum atomic E-state index is 12.8. The number of carbonyl (C=O) groups is 2. The predicted octanol–water partition coefficient (Wildman–Crippen LogP) is 2.07. The van der Waals surface area contributed by atoms with Crippen LogP contribution in [0.4, 0.5) is 4.79 Å². The zero-order valence-electron chi connectivity index (χ0n) is 17.4. The number of amides is 3. The van der Waals surface area contributed by atoms with Gasteiger partial charge in [-0.3, -0.25) is 9.78 Å². The van der Waals surface area contributed by atoms with E-state index in [4.69, 9.17) is 0 Å². The molecule has 1 unspecified atom stereocenters. The molecule has 7 heteroatoms. The Morgan fingerprint density at radius 1 is 1.14 bits per heavy atom. The van der Waals surface area contributed by atoms with Gasteiger partial charge < -0.3 is 19.6 Å². The van der Waals surface area contributed by atoms with Gasteiger partial charge >= 0.3 is 6.03 Å². The molecule has 3 rings (SSSR count). The first kappa shape index (κ1) is 20.6. The Morgan fingerprint density at radius 2 is 1.89 bits per heavy atom. The Hall–Kier alpha value is -2.15. The Morgan fingerprint density at radius 3 is 2.57 bits per heavy atom. The molecule has 2 aliphatic heterocycles. The molecule has 1 aromatic rings. The van der Waals surface area contributed by atoms with Crippen LogP contribution in [0.3, 0.4) is 0 Å². The number of carbonyl (C=O) groups excluding carboxylic acids is 2. The van der Waals surface area contributed by atoms with Gasteiger partial charge in [0.05, 0.1) is 11.6 Å². The van der Waals surface area contributed by atoms with Crippen molar-refractivity contribution in [1.82, 2.24) is 24.6 Å². The van der Waals surface area contributed by atoms with E-state index in [9.17, 15) is 9.59 Å². The molecule has 7 nitrogen and oxygen atoms in total. The summed E-state index contributed by atoms with van der Waals surface area (Å²) >= 11 is 0. The van der Waals surface area contributed by atoms with Gasteiger partial charge in [0.2, 0.25) is 0 Å². The normalized spacial score (nSPS) is 20.2. The van der Waals surface area contributed by atoms with Crippen LogP contribution in [0.25, 0.3) is 0 Å². The second kappa shape index (κ2) is 9.37. The molecule has 0 bridgehead atoms. The van der Waals surface area contributed by atoms with Gasteiger partial charge in [0.1, 0.15) is 0 Å². The Kier molecular flexibility index (Phi) is 6.88. The van der Waals surface area contributed by atoms with Gasteiger partial charge in [0, 0.05) is 52.7 Å². The van der Waals surface area contributed by atoms with Gasteiger partial charge in [-0.1, -0.05) is 6.42 Å². The Balaban J connectivity index is 1.63. The standard InChI is InChI=1S/C21H33N5O2/c1-17-13-18(15-22-14-17)20(27)25-10-7-19(16-25)26(21(28)23(2)3)12-11-24-8-5-4-6-9-24/h13-15,19H,4-12,16H2,1-3H3. The molecule has 0 saturated carbocycles. The molecule has 2 saturated heterocycles. The van der Waals surface area contributed by atoms with Crippen molar-refractivity contribution >= 4 is 11.9 Å². The summed E-state index contributed by atoms with van der Waals surface area (Å²) in [5, 5.41) is 0. The van der Waals surface area contributed by atoms with Gasteiger partial charge in [-0.05, 0) is 50.9 Å². The molecule has 3 amide bonds. The molecule has 0 aromatic carbocycles.